The predicted octanol–water partition coefficient (Wildman–Crippen LogP) is 2.39. The molecule has 2 unspecified atom stereocenters. The topological polar surface area (TPSA) is 39.1 Å². The van der Waals surface area contributed by atoms with Gasteiger partial charge in [-0.2, -0.15) is 5.26 Å². The van der Waals surface area contributed by atoms with E-state index in [1.807, 2.05) is 7.05 Å². The van der Waals surface area contributed by atoms with Crippen LogP contribution in [0.5, 0.6) is 0 Å². The van der Waals surface area contributed by atoms with Crippen LogP contribution in [0.1, 0.15) is 46.0 Å². The van der Waals surface area contributed by atoms with Gasteiger partial charge in [0, 0.05) is 6.54 Å². The van der Waals surface area contributed by atoms with E-state index >= 15 is 0 Å². The summed E-state index contributed by atoms with van der Waals surface area (Å²) in [6.45, 7) is 8.04. The van der Waals surface area contributed by atoms with E-state index < -0.39 is 0 Å². The minimum Gasteiger partial charge on any atom is -0.303 e. The van der Waals surface area contributed by atoms with Gasteiger partial charge < -0.3 is 10.2 Å². The first-order chi connectivity index (χ1) is 8.19. The van der Waals surface area contributed by atoms with Crippen molar-refractivity contribution >= 4 is 0 Å². The van der Waals surface area contributed by atoms with Crippen molar-refractivity contribution < 1.29 is 0 Å². The Bertz CT molecular complexity index is 253. The van der Waals surface area contributed by atoms with Crippen LogP contribution < -0.4 is 5.32 Å². The molecular formula is C14H27N3. The third-order valence-corrected chi connectivity index (χ3v) is 4.32. The van der Waals surface area contributed by atoms with Gasteiger partial charge in [0.2, 0.25) is 0 Å². The largest absolute Gasteiger partial charge is 0.303 e. The van der Waals surface area contributed by atoms with Crippen LogP contribution in [0.3, 0.4) is 0 Å². The maximum absolute atomic E-state index is 9.22. The van der Waals surface area contributed by atoms with Crippen molar-refractivity contribution in [3.8, 4) is 6.07 Å². The first kappa shape index (κ1) is 14.5. The van der Waals surface area contributed by atoms with Crippen molar-refractivity contribution in [2.24, 2.45) is 5.92 Å². The number of hydrogen-bond donors (Lipinski definition) is 1. The van der Waals surface area contributed by atoms with Gasteiger partial charge in [-0.25, -0.2) is 0 Å². The van der Waals surface area contributed by atoms with Crippen molar-refractivity contribution in [2.45, 2.75) is 51.5 Å². The standard InChI is InChI=1S/C14H27N3/c1-4-13-7-10-17(11-13)9-6-8-14(5-2,12-15)16-3/h13,16H,4-11H2,1-3H3. The first-order valence-corrected chi connectivity index (χ1v) is 7.02. The fraction of sp³-hybridized carbons (Fsp3) is 0.929. The summed E-state index contributed by atoms with van der Waals surface area (Å²) in [4.78, 5) is 2.56. The quantitative estimate of drug-likeness (QED) is 0.739. The zero-order valence-corrected chi connectivity index (χ0v) is 11.6. The van der Waals surface area contributed by atoms with E-state index in [0.717, 1.165) is 31.7 Å². The van der Waals surface area contributed by atoms with Crippen LogP contribution in [0, 0.1) is 17.2 Å². The summed E-state index contributed by atoms with van der Waals surface area (Å²) in [5.74, 6) is 0.909. The van der Waals surface area contributed by atoms with Gasteiger partial charge in [0.25, 0.3) is 0 Å². The predicted molar refractivity (Wildman–Crippen MR) is 71.8 cm³/mol. The number of nitrogens with one attached hydrogen (secondary N) is 1. The van der Waals surface area contributed by atoms with Crippen molar-refractivity contribution in [1.82, 2.24) is 10.2 Å². The molecule has 2 atom stereocenters. The van der Waals surface area contributed by atoms with E-state index in [2.05, 4.69) is 30.1 Å². The lowest BCUT2D eigenvalue weighted by Crippen LogP contribution is -2.41. The first-order valence-electron chi connectivity index (χ1n) is 7.02. The molecule has 0 aromatic carbocycles. The SMILES string of the molecule is CCC1CCN(CCCC(C#N)(CC)NC)C1. The number of nitrogens with zero attached hydrogens (tertiary/aromatic N) is 2. The maximum Gasteiger partial charge on any atom is 0.106 e. The van der Waals surface area contributed by atoms with Crippen LogP contribution in [0.2, 0.25) is 0 Å². The maximum atomic E-state index is 9.22. The molecule has 1 fully saturated rings. The fourth-order valence-electron chi connectivity index (χ4n) is 2.72. The molecule has 0 radical (unpaired) electrons. The molecule has 1 heterocycles. The van der Waals surface area contributed by atoms with Crippen molar-refractivity contribution in [3.63, 3.8) is 0 Å². The van der Waals surface area contributed by atoms with Gasteiger partial charge in [-0.05, 0) is 51.7 Å². The summed E-state index contributed by atoms with van der Waals surface area (Å²) in [6.07, 6.45) is 5.64. The molecule has 1 aliphatic rings. The molecule has 1 rings (SSSR count). The highest BCUT2D eigenvalue weighted by molar-refractivity contribution is 5.05. The van der Waals surface area contributed by atoms with Crippen LogP contribution in [-0.2, 0) is 0 Å². The zero-order chi connectivity index (χ0) is 12.7. The molecular weight excluding hydrogens is 210 g/mol. The van der Waals surface area contributed by atoms with E-state index in [9.17, 15) is 5.26 Å². The van der Waals surface area contributed by atoms with Gasteiger partial charge in [0.05, 0.1) is 6.07 Å². The molecule has 0 aliphatic carbocycles. The fourth-order valence-corrected chi connectivity index (χ4v) is 2.72. The second-order valence-electron chi connectivity index (χ2n) is 5.26. The summed E-state index contributed by atoms with van der Waals surface area (Å²) in [6, 6.07) is 2.43. The molecule has 0 aromatic rings. The Kier molecular flexibility index (Phi) is 5.94. The smallest absolute Gasteiger partial charge is 0.106 e. The molecule has 3 nitrogen and oxygen atoms in total. The molecule has 0 amide bonds. The Balaban J connectivity index is 2.26. The van der Waals surface area contributed by atoms with Crippen molar-refractivity contribution in [3.05, 3.63) is 0 Å². The third kappa shape index (κ3) is 3.97. The van der Waals surface area contributed by atoms with Crippen LogP contribution >= 0.6 is 0 Å². The lowest BCUT2D eigenvalue weighted by atomic mass is 9.92. The average Bonchev–Trinajstić information content (AvgIpc) is 2.83. The Labute approximate surface area is 106 Å². The number of rotatable bonds is 7. The Hall–Kier alpha value is -0.590. The van der Waals surface area contributed by atoms with Crippen LogP contribution in [0.4, 0.5) is 0 Å². The Morgan fingerprint density at radius 1 is 1.47 bits per heavy atom. The van der Waals surface area contributed by atoms with Crippen molar-refractivity contribution in [1.29, 1.82) is 5.26 Å². The van der Waals surface area contributed by atoms with E-state index in [-0.39, 0.29) is 5.54 Å². The molecule has 0 saturated carbocycles. The summed E-state index contributed by atoms with van der Waals surface area (Å²) in [5, 5.41) is 12.4. The Morgan fingerprint density at radius 2 is 2.24 bits per heavy atom. The second-order valence-corrected chi connectivity index (χ2v) is 5.26. The lowest BCUT2D eigenvalue weighted by Gasteiger charge is -2.25. The van der Waals surface area contributed by atoms with Crippen LogP contribution in [0.15, 0.2) is 0 Å². The van der Waals surface area contributed by atoms with E-state index in [4.69, 9.17) is 0 Å². The van der Waals surface area contributed by atoms with Gasteiger partial charge in [-0.3, -0.25) is 0 Å². The highest BCUT2D eigenvalue weighted by Crippen LogP contribution is 2.21. The zero-order valence-electron chi connectivity index (χ0n) is 11.6. The van der Waals surface area contributed by atoms with Crippen LogP contribution in [-0.4, -0.2) is 37.1 Å². The summed E-state index contributed by atoms with van der Waals surface area (Å²) >= 11 is 0. The molecule has 1 saturated heterocycles. The molecule has 0 spiro atoms. The van der Waals surface area contributed by atoms with E-state index in [1.165, 1.54) is 25.9 Å². The molecule has 3 heteroatoms. The molecule has 1 aliphatic heterocycles. The number of nitriles is 1. The highest BCUT2D eigenvalue weighted by Gasteiger charge is 2.26. The van der Waals surface area contributed by atoms with Gasteiger partial charge in [-0.15, -0.1) is 0 Å². The normalized spacial score (nSPS) is 24.5. The number of likely N-dealkylation sites (tertiary alicyclic amines) is 1. The average molecular weight is 237 g/mol. The molecule has 1 N–H and O–H groups in total. The number of hydrogen-bond acceptors (Lipinski definition) is 3. The molecule has 17 heavy (non-hydrogen) atoms. The highest BCUT2D eigenvalue weighted by atomic mass is 15.1. The summed E-state index contributed by atoms with van der Waals surface area (Å²) < 4.78 is 0. The van der Waals surface area contributed by atoms with Gasteiger partial charge >= 0.3 is 0 Å². The van der Waals surface area contributed by atoms with E-state index in [0.29, 0.717) is 0 Å². The minimum absolute atomic E-state index is 0.302. The molecule has 0 bridgehead atoms. The molecule has 0 aromatic heterocycles. The van der Waals surface area contributed by atoms with Crippen molar-refractivity contribution in [2.75, 3.05) is 26.7 Å². The molecule has 98 valence electrons. The third-order valence-electron chi connectivity index (χ3n) is 4.32. The van der Waals surface area contributed by atoms with Crippen LogP contribution in [0.25, 0.3) is 0 Å². The summed E-state index contributed by atoms with van der Waals surface area (Å²) in [7, 11) is 1.90. The second kappa shape index (κ2) is 6.98. The lowest BCUT2D eigenvalue weighted by molar-refractivity contribution is 0.292. The monoisotopic (exact) mass is 237 g/mol. The Morgan fingerprint density at radius 3 is 2.71 bits per heavy atom. The minimum atomic E-state index is -0.302. The van der Waals surface area contributed by atoms with E-state index in [1.54, 1.807) is 0 Å². The van der Waals surface area contributed by atoms with Gasteiger partial charge in [-0.1, -0.05) is 20.3 Å². The van der Waals surface area contributed by atoms with Gasteiger partial charge in [0.1, 0.15) is 5.54 Å². The summed E-state index contributed by atoms with van der Waals surface area (Å²) in [5.41, 5.74) is -0.302. The van der Waals surface area contributed by atoms with Gasteiger partial charge in [0.15, 0.2) is 0 Å².